The Labute approximate surface area is 153 Å². The summed E-state index contributed by atoms with van der Waals surface area (Å²) in [7, 11) is 0. The Bertz CT molecular complexity index is 965. The van der Waals surface area contributed by atoms with E-state index in [2.05, 4.69) is 45.5 Å². The Hall–Kier alpha value is -2.59. The maximum absolute atomic E-state index is 12.3. The lowest BCUT2D eigenvalue weighted by atomic mass is 10.00. The van der Waals surface area contributed by atoms with Gasteiger partial charge in [-0.2, -0.15) is 0 Å². The molecule has 132 valence electrons. The van der Waals surface area contributed by atoms with Gasteiger partial charge >= 0.3 is 0 Å². The number of likely N-dealkylation sites (tertiary alicyclic amines) is 1. The third kappa shape index (κ3) is 2.61. The summed E-state index contributed by atoms with van der Waals surface area (Å²) in [6.07, 6.45) is 3.50. The SMILES string of the molecule is O=C1NCCc2c(-c3ccc(CN4CCCC4)cc3)[nH]c3cccc1c23. The van der Waals surface area contributed by atoms with Crippen molar-refractivity contribution in [2.45, 2.75) is 25.8 Å². The zero-order chi connectivity index (χ0) is 17.5. The monoisotopic (exact) mass is 345 g/mol. The molecule has 1 fully saturated rings. The highest BCUT2D eigenvalue weighted by atomic mass is 16.1. The molecule has 0 saturated carbocycles. The molecule has 1 saturated heterocycles. The number of amides is 1. The second-order valence-corrected chi connectivity index (χ2v) is 7.39. The molecule has 1 aromatic heterocycles. The summed E-state index contributed by atoms with van der Waals surface area (Å²) < 4.78 is 0. The van der Waals surface area contributed by atoms with E-state index in [0.29, 0.717) is 6.54 Å². The summed E-state index contributed by atoms with van der Waals surface area (Å²) in [6, 6.07) is 14.8. The summed E-state index contributed by atoms with van der Waals surface area (Å²) in [5.74, 6) is 0.0286. The van der Waals surface area contributed by atoms with Gasteiger partial charge in [-0.3, -0.25) is 9.69 Å². The van der Waals surface area contributed by atoms with Crippen LogP contribution in [0.4, 0.5) is 0 Å². The standard InChI is InChI=1S/C22H23N3O/c26-22-18-4-3-5-19-20(18)17(10-11-23-22)21(24-19)16-8-6-15(7-9-16)14-25-12-1-2-13-25/h3-9,24H,1-2,10-14H2,(H,23,26). The minimum atomic E-state index is 0.0286. The van der Waals surface area contributed by atoms with Crippen LogP contribution in [0.5, 0.6) is 0 Å². The third-order valence-corrected chi connectivity index (χ3v) is 5.68. The summed E-state index contributed by atoms with van der Waals surface area (Å²) >= 11 is 0. The van der Waals surface area contributed by atoms with Crippen LogP contribution in [0, 0.1) is 0 Å². The minimum Gasteiger partial charge on any atom is -0.354 e. The lowest BCUT2D eigenvalue weighted by Gasteiger charge is -2.14. The van der Waals surface area contributed by atoms with Crippen molar-refractivity contribution in [1.29, 1.82) is 0 Å². The van der Waals surface area contributed by atoms with Crippen LogP contribution in [0.3, 0.4) is 0 Å². The van der Waals surface area contributed by atoms with Crippen LogP contribution in [0.1, 0.15) is 34.3 Å². The number of hydrogen-bond donors (Lipinski definition) is 2. The summed E-state index contributed by atoms with van der Waals surface area (Å²) in [5.41, 5.74) is 6.79. The zero-order valence-corrected chi connectivity index (χ0v) is 14.8. The second kappa shape index (κ2) is 6.29. The number of nitrogens with zero attached hydrogens (tertiary/aromatic N) is 1. The highest BCUT2D eigenvalue weighted by Gasteiger charge is 2.22. The Morgan fingerprint density at radius 3 is 2.62 bits per heavy atom. The maximum Gasteiger partial charge on any atom is 0.251 e. The zero-order valence-electron chi connectivity index (χ0n) is 14.8. The molecule has 5 rings (SSSR count). The number of aromatic amines is 1. The van der Waals surface area contributed by atoms with Crippen molar-refractivity contribution in [3.63, 3.8) is 0 Å². The number of benzene rings is 2. The molecule has 2 aliphatic rings. The molecule has 0 radical (unpaired) electrons. The molecular weight excluding hydrogens is 322 g/mol. The first kappa shape index (κ1) is 15.6. The van der Waals surface area contributed by atoms with Crippen LogP contribution in [0.25, 0.3) is 22.2 Å². The summed E-state index contributed by atoms with van der Waals surface area (Å²) in [5, 5.41) is 4.09. The van der Waals surface area contributed by atoms with E-state index in [9.17, 15) is 4.79 Å². The summed E-state index contributed by atoms with van der Waals surface area (Å²) in [4.78, 5) is 18.4. The van der Waals surface area contributed by atoms with Crippen molar-refractivity contribution in [3.8, 4) is 11.3 Å². The number of nitrogens with one attached hydrogen (secondary N) is 2. The van der Waals surface area contributed by atoms with Gasteiger partial charge in [0.25, 0.3) is 5.91 Å². The van der Waals surface area contributed by atoms with Crippen molar-refractivity contribution < 1.29 is 4.79 Å². The quantitative estimate of drug-likeness (QED) is 0.760. The number of aromatic nitrogens is 1. The first-order valence-corrected chi connectivity index (χ1v) is 9.53. The Morgan fingerprint density at radius 1 is 1.00 bits per heavy atom. The van der Waals surface area contributed by atoms with E-state index in [1.807, 2.05) is 12.1 Å². The fraction of sp³-hybridized carbons (Fsp3) is 0.318. The van der Waals surface area contributed by atoms with Crippen LogP contribution < -0.4 is 5.32 Å². The van der Waals surface area contributed by atoms with E-state index in [0.717, 1.165) is 35.1 Å². The van der Waals surface area contributed by atoms with E-state index in [1.54, 1.807) is 0 Å². The fourth-order valence-electron chi connectivity index (χ4n) is 4.37. The first-order chi connectivity index (χ1) is 12.8. The largest absolute Gasteiger partial charge is 0.354 e. The van der Waals surface area contributed by atoms with Crippen molar-refractivity contribution in [3.05, 3.63) is 59.2 Å². The molecule has 0 unspecified atom stereocenters. The lowest BCUT2D eigenvalue weighted by Crippen LogP contribution is -2.23. The van der Waals surface area contributed by atoms with Crippen molar-refractivity contribution in [1.82, 2.24) is 15.2 Å². The minimum absolute atomic E-state index is 0.0286. The maximum atomic E-state index is 12.3. The third-order valence-electron chi connectivity index (χ3n) is 5.68. The number of H-pyrrole nitrogens is 1. The molecule has 2 N–H and O–H groups in total. The predicted octanol–water partition coefficient (Wildman–Crippen LogP) is 3.72. The fourth-order valence-corrected chi connectivity index (χ4v) is 4.37. The normalized spacial score (nSPS) is 17.5. The number of carbonyl (C=O) groups is 1. The highest BCUT2D eigenvalue weighted by molar-refractivity contribution is 6.10. The van der Waals surface area contributed by atoms with Crippen LogP contribution in [-0.4, -0.2) is 35.4 Å². The Kier molecular flexibility index (Phi) is 3.79. The van der Waals surface area contributed by atoms with E-state index in [-0.39, 0.29) is 5.91 Å². The number of rotatable bonds is 3. The van der Waals surface area contributed by atoms with Gasteiger partial charge in [-0.15, -0.1) is 0 Å². The molecule has 4 nitrogen and oxygen atoms in total. The average Bonchev–Trinajstić information content (AvgIpc) is 3.26. The lowest BCUT2D eigenvalue weighted by molar-refractivity contribution is 0.0957. The molecule has 2 aliphatic heterocycles. The molecule has 4 heteroatoms. The van der Waals surface area contributed by atoms with Gasteiger partial charge in [0.15, 0.2) is 0 Å². The Balaban J connectivity index is 1.53. The number of carbonyl (C=O) groups excluding carboxylic acids is 1. The van der Waals surface area contributed by atoms with Gasteiger partial charge in [-0.25, -0.2) is 0 Å². The predicted molar refractivity (Wildman–Crippen MR) is 104 cm³/mol. The molecule has 0 aliphatic carbocycles. The van der Waals surface area contributed by atoms with Crippen molar-refractivity contribution in [2.24, 2.45) is 0 Å². The molecular formula is C22H23N3O. The van der Waals surface area contributed by atoms with Gasteiger partial charge in [0, 0.05) is 35.2 Å². The van der Waals surface area contributed by atoms with E-state index in [4.69, 9.17) is 0 Å². The van der Waals surface area contributed by atoms with Gasteiger partial charge in [0.05, 0.1) is 0 Å². The van der Waals surface area contributed by atoms with Gasteiger partial charge in [-0.1, -0.05) is 30.3 Å². The van der Waals surface area contributed by atoms with Gasteiger partial charge in [0.2, 0.25) is 0 Å². The smallest absolute Gasteiger partial charge is 0.251 e. The molecule has 26 heavy (non-hydrogen) atoms. The Morgan fingerprint density at radius 2 is 1.81 bits per heavy atom. The van der Waals surface area contributed by atoms with Crippen LogP contribution in [0.15, 0.2) is 42.5 Å². The van der Waals surface area contributed by atoms with Crippen molar-refractivity contribution >= 4 is 16.8 Å². The van der Waals surface area contributed by atoms with E-state index in [1.165, 1.54) is 42.6 Å². The molecule has 1 amide bonds. The second-order valence-electron chi connectivity index (χ2n) is 7.39. The topological polar surface area (TPSA) is 48.1 Å². The molecule has 0 spiro atoms. The van der Waals surface area contributed by atoms with Crippen molar-refractivity contribution in [2.75, 3.05) is 19.6 Å². The van der Waals surface area contributed by atoms with Crippen LogP contribution in [0.2, 0.25) is 0 Å². The van der Waals surface area contributed by atoms with E-state index < -0.39 is 0 Å². The van der Waals surface area contributed by atoms with Crippen LogP contribution in [-0.2, 0) is 13.0 Å². The number of hydrogen-bond acceptors (Lipinski definition) is 2. The molecule has 3 aromatic rings. The molecule has 3 heterocycles. The molecule has 2 aromatic carbocycles. The first-order valence-electron chi connectivity index (χ1n) is 9.53. The summed E-state index contributed by atoms with van der Waals surface area (Å²) in [6.45, 7) is 4.17. The van der Waals surface area contributed by atoms with E-state index >= 15 is 0 Å². The van der Waals surface area contributed by atoms with Gasteiger partial charge in [-0.05, 0) is 61.2 Å². The molecule has 0 atom stereocenters. The average molecular weight is 345 g/mol. The van der Waals surface area contributed by atoms with Crippen LogP contribution >= 0.6 is 0 Å². The highest BCUT2D eigenvalue weighted by Crippen LogP contribution is 2.34. The van der Waals surface area contributed by atoms with Gasteiger partial charge < -0.3 is 10.3 Å². The molecule has 0 bridgehead atoms. The van der Waals surface area contributed by atoms with Gasteiger partial charge in [0.1, 0.15) is 0 Å².